The van der Waals surface area contributed by atoms with Crippen molar-refractivity contribution in [3.05, 3.63) is 47.8 Å². The fourth-order valence-corrected chi connectivity index (χ4v) is 5.13. The molecule has 3 rings (SSSR count). The van der Waals surface area contributed by atoms with Gasteiger partial charge in [0.15, 0.2) is 5.82 Å². The van der Waals surface area contributed by atoms with Crippen LogP contribution in [-0.4, -0.2) is 47.5 Å². The summed E-state index contributed by atoms with van der Waals surface area (Å²) in [6.45, 7) is -0.760. The number of benzene rings is 2. The summed E-state index contributed by atoms with van der Waals surface area (Å²) in [6.07, 6.45) is 0. The van der Waals surface area contributed by atoms with E-state index in [4.69, 9.17) is 0 Å². The fourth-order valence-electron chi connectivity index (χ4n) is 2.73. The lowest BCUT2D eigenvalue weighted by Gasteiger charge is -2.18. The third kappa shape index (κ3) is 3.86. The topological polar surface area (TPSA) is 159 Å². The maximum Gasteiger partial charge on any atom is 0.339 e. The second-order valence-corrected chi connectivity index (χ2v) is 9.20. The molecule has 1 aliphatic rings. The van der Waals surface area contributed by atoms with Crippen LogP contribution in [0.4, 0.5) is 15.8 Å². The SMILES string of the molecule is COC(=O)c1ccccc1S(=O)(=O)Nc1cc(O)c(N2CC(=O)NS2(=O)=O)c(F)c1. The number of hydrogen-bond acceptors (Lipinski definition) is 8. The number of amides is 1. The number of aromatic hydroxyl groups is 1. The van der Waals surface area contributed by atoms with Crippen LogP contribution in [0.25, 0.3) is 0 Å². The molecule has 0 saturated carbocycles. The Morgan fingerprint density at radius 1 is 1.30 bits per heavy atom. The molecule has 14 heteroatoms. The number of carbonyl (C=O) groups excluding carboxylic acids is 2. The van der Waals surface area contributed by atoms with Crippen molar-refractivity contribution < 1.29 is 40.7 Å². The van der Waals surface area contributed by atoms with Gasteiger partial charge in [-0.2, -0.15) is 8.42 Å². The highest BCUT2D eigenvalue weighted by Crippen LogP contribution is 2.36. The molecule has 0 unspecified atom stereocenters. The number of phenols is 1. The first-order valence-corrected chi connectivity index (χ1v) is 10.9. The smallest absolute Gasteiger partial charge is 0.339 e. The van der Waals surface area contributed by atoms with Crippen LogP contribution in [0, 0.1) is 5.82 Å². The number of esters is 1. The van der Waals surface area contributed by atoms with Gasteiger partial charge in [0.25, 0.3) is 15.9 Å². The Morgan fingerprint density at radius 3 is 2.53 bits per heavy atom. The first kappa shape index (κ1) is 21.3. The van der Waals surface area contributed by atoms with Gasteiger partial charge in [0.2, 0.25) is 0 Å². The number of nitrogens with zero attached hydrogens (tertiary/aromatic N) is 1. The normalized spacial score (nSPS) is 15.5. The molecule has 0 bridgehead atoms. The van der Waals surface area contributed by atoms with Crippen LogP contribution in [0.5, 0.6) is 5.75 Å². The Hall–Kier alpha value is -3.39. The van der Waals surface area contributed by atoms with Crippen LogP contribution in [0.3, 0.4) is 0 Å². The van der Waals surface area contributed by atoms with E-state index in [-0.39, 0.29) is 5.56 Å². The number of halogens is 1. The molecule has 160 valence electrons. The second-order valence-electron chi connectivity index (χ2n) is 5.96. The minimum atomic E-state index is -4.42. The largest absolute Gasteiger partial charge is 0.506 e. The van der Waals surface area contributed by atoms with Gasteiger partial charge in [0.05, 0.1) is 18.4 Å². The molecule has 0 radical (unpaired) electrons. The van der Waals surface area contributed by atoms with Crippen molar-refractivity contribution in [1.82, 2.24) is 4.72 Å². The van der Waals surface area contributed by atoms with Gasteiger partial charge in [-0.25, -0.2) is 26.6 Å². The van der Waals surface area contributed by atoms with Crippen molar-refractivity contribution in [2.75, 3.05) is 22.7 Å². The van der Waals surface area contributed by atoms with Gasteiger partial charge in [-0.05, 0) is 12.1 Å². The first-order valence-electron chi connectivity index (χ1n) is 8.02. The lowest BCUT2D eigenvalue weighted by Crippen LogP contribution is -2.30. The molecule has 1 amide bonds. The molecule has 3 N–H and O–H groups in total. The van der Waals surface area contributed by atoms with Crippen molar-refractivity contribution in [2.24, 2.45) is 0 Å². The predicted molar refractivity (Wildman–Crippen MR) is 101 cm³/mol. The number of sulfonamides is 1. The number of anilines is 2. The molecule has 0 spiro atoms. The van der Waals surface area contributed by atoms with Crippen molar-refractivity contribution >= 4 is 43.5 Å². The van der Waals surface area contributed by atoms with Crippen LogP contribution in [0.15, 0.2) is 41.3 Å². The third-order valence-corrected chi connectivity index (χ3v) is 6.76. The van der Waals surface area contributed by atoms with E-state index < -0.39 is 66.5 Å². The van der Waals surface area contributed by atoms with Gasteiger partial charge >= 0.3 is 16.2 Å². The molecule has 30 heavy (non-hydrogen) atoms. The summed E-state index contributed by atoms with van der Waals surface area (Å²) in [5.41, 5.74) is -1.56. The monoisotopic (exact) mass is 459 g/mol. The molecule has 11 nitrogen and oxygen atoms in total. The maximum atomic E-state index is 14.6. The average molecular weight is 459 g/mol. The van der Waals surface area contributed by atoms with Gasteiger partial charge in [-0.15, -0.1) is 0 Å². The van der Waals surface area contributed by atoms with Gasteiger partial charge in [-0.1, -0.05) is 12.1 Å². The molecule has 2 aromatic carbocycles. The van der Waals surface area contributed by atoms with Crippen LogP contribution < -0.4 is 13.7 Å². The first-order chi connectivity index (χ1) is 14.0. The zero-order valence-electron chi connectivity index (χ0n) is 15.1. The minimum absolute atomic E-state index is 0.276. The summed E-state index contributed by atoms with van der Waals surface area (Å²) < 4.78 is 72.1. The number of hydrogen-bond donors (Lipinski definition) is 3. The van der Waals surface area contributed by atoms with Crippen molar-refractivity contribution in [3.63, 3.8) is 0 Å². The highest BCUT2D eigenvalue weighted by atomic mass is 32.2. The standard InChI is InChI=1S/C16H14FN3O8S2/c1-28-16(23)10-4-2-3-5-13(10)29(24,25)18-9-6-11(17)15(12(21)7-9)20-8-14(22)19-30(20,26)27/h2-7,18,21H,8H2,1H3,(H,19,22). The van der Waals surface area contributed by atoms with Crippen LogP contribution in [0.2, 0.25) is 0 Å². The minimum Gasteiger partial charge on any atom is -0.506 e. The Morgan fingerprint density at radius 2 is 1.97 bits per heavy atom. The summed E-state index contributed by atoms with van der Waals surface area (Å²) in [6, 6.07) is 6.47. The highest BCUT2D eigenvalue weighted by Gasteiger charge is 2.37. The third-order valence-electron chi connectivity index (χ3n) is 3.95. The molecule has 1 fully saturated rings. The second kappa shape index (κ2) is 7.46. The summed E-state index contributed by atoms with van der Waals surface area (Å²) in [7, 11) is -7.76. The van der Waals surface area contributed by atoms with Crippen molar-refractivity contribution in [2.45, 2.75) is 4.90 Å². The van der Waals surface area contributed by atoms with Gasteiger partial charge < -0.3 is 9.84 Å². The Bertz CT molecular complexity index is 1240. The molecule has 0 atom stereocenters. The lowest BCUT2D eigenvalue weighted by molar-refractivity contribution is -0.117. The van der Waals surface area contributed by atoms with E-state index in [0.29, 0.717) is 10.4 Å². The van der Waals surface area contributed by atoms with Gasteiger partial charge in [0, 0.05) is 12.1 Å². The van der Waals surface area contributed by atoms with E-state index in [9.17, 15) is 35.9 Å². The number of carbonyl (C=O) groups is 2. The molecular formula is C16H14FN3O8S2. The number of phenolic OH excluding ortho intramolecular Hbond substituents is 1. The molecule has 0 aliphatic carbocycles. The Labute approximate surface area is 170 Å². The zero-order valence-corrected chi connectivity index (χ0v) is 16.8. The van der Waals surface area contributed by atoms with E-state index in [0.717, 1.165) is 19.2 Å². The summed E-state index contributed by atoms with van der Waals surface area (Å²) in [5.74, 6) is -4.10. The number of ether oxygens (including phenoxy) is 1. The van der Waals surface area contributed by atoms with Crippen LogP contribution >= 0.6 is 0 Å². The fraction of sp³-hybridized carbons (Fsp3) is 0.125. The van der Waals surface area contributed by atoms with Crippen molar-refractivity contribution in [1.29, 1.82) is 0 Å². The van der Waals surface area contributed by atoms with Crippen LogP contribution in [-0.2, 0) is 29.8 Å². The molecule has 0 aromatic heterocycles. The number of methoxy groups -OCH3 is 1. The highest BCUT2D eigenvalue weighted by molar-refractivity contribution is 7.93. The predicted octanol–water partition coefficient (Wildman–Crippen LogP) is 0.300. The molecular weight excluding hydrogens is 445 g/mol. The molecule has 1 aliphatic heterocycles. The lowest BCUT2D eigenvalue weighted by atomic mass is 10.2. The van der Waals surface area contributed by atoms with E-state index in [1.54, 1.807) is 4.72 Å². The van der Waals surface area contributed by atoms with Crippen LogP contribution in [0.1, 0.15) is 10.4 Å². The van der Waals surface area contributed by atoms with E-state index >= 15 is 0 Å². The quantitative estimate of drug-likeness (QED) is 0.539. The summed E-state index contributed by atoms with van der Waals surface area (Å²) >= 11 is 0. The van der Waals surface area contributed by atoms with E-state index in [2.05, 4.69) is 4.74 Å². The molecule has 2 aromatic rings. The summed E-state index contributed by atoms with van der Waals surface area (Å²) in [4.78, 5) is 22.7. The number of rotatable bonds is 5. The Kier molecular flexibility index (Phi) is 5.30. The average Bonchev–Trinajstić information content (AvgIpc) is 2.92. The summed E-state index contributed by atoms with van der Waals surface area (Å²) in [5, 5.41) is 10.1. The number of nitrogens with one attached hydrogen (secondary N) is 2. The zero-order chi connectivity index (χ0) is 22.3. The van der Waals surface area contributed by atoms with Gasteiger partial charge in [-0.3, -0.25) is 9.52 Å². The van der Waals surface area contributed by atoms with Gasteiger partial charge in [0.1, 0.15) is 22.9 Å². The Balaban J connectivity index is 2.00. The molecule has 1 heterocycles. The van der Waals surface area contributed by atoms with E-state index in [1.807, 2.05) is 4.72 Å². The van der Waals surface area contributed by atoms with Crippen molar-refractivity contribution in [3.8, 4) is 5.75 Å². The molecule has 1 saturated heterocycles. The van der Waals surface area contributed by atoms with E-state index in [1.165, 1.54) is 18.2 Å². The maximum absolute atomic E-state index is 14.6.